The molecule has 0 unspecified atom stereocenters. The normalized spacial score (nSPS) is 11.0. The van der Waals surface area contributed by atoms with Gasteiger partial charge in [-0.1, -0.05) is 18.2 Å². The van der Waals surface area contributed by atoms with Gasteiger partial charge < -0.3 is 9.88 Å². The highest BCUT2D eigenvalue weighted by molar-refractivity contribution is 7.20. The lowest BCUT2D eigenvalue weighted by Crippen LogP contribution is -2.25. The molecule has 124 valence electrons. The molecule has 0 aliphatic heterocycles. The maximum atomic E-state index is 13.6. The van der Waals surface area contributed by atoms with Crippen molar-refractivity contribution in [3.05, 3.63) is 62.8 Å². The molecule has 5 nitrogen and oxygen atoms in total. The summed E-state index contributed by atoms with van der Waals surface area (Å²) in [6.07, 6.45) is 1.85. The fraction of sp³-hybridized carbons (Fsp3) is 0.235. The Morgan fingerprint density at radius 2 is 2.12 bits per heavy atom. The number of hydrogen-bond acceptors (Lipinski definition) is 4. The van der Waals surface area contributed by atoms with Gasteiger partial charge in [0.15, 0.2) is 0 Å². The van der Waals surface area contributed by atoms with Crippen molar-refractivity contribution in [1.82, 2.24) is 14.9 Å². The Hall–Kier alpha value is -2.54. The van der Waals surface area contributed by atoms with Crippen LogP contribution >= 0.6 is 11.3 Å². The minimum atomic E-state index is -0.280. The molecule has 0 saturated heterocycles. The van der Waals surface area contributed by atoms with Crippen LogP contribution in [0.25, 0.3) is 10.2 Å². The Balaban J connectivity index is 1.77. The number of benzene rings is 1. The van der Waals surface area contributed by atoms with E-state index < -0.39 is 0 Å². The molecule has 0 saturated carbocycles. The molecular weight excluding hydrogens is 329 g/mol. The molecule has 1 N–H and O–H groups in total. The van der Waals surface area contributed by atoms with Crippen LogP contribution in [0.2, 0.25) is 0 Å². The predicted molar refractivity (Wildman–Crippen MR) is 92.0 cm³/mol. The molecule has 0 aliphatic rings. The summed E-state index contributed by atoms with van der Waals surface area (Å²) in [6, 6.07) is 6.48. The number of nitrogens with zero attached hydrogens (tertiary/aromatic N) is 2. The average Bonchev–Trinajstić information content (AvgIpc) is 2.90. The van der Waals surface area contributed by atoms with E-state index in [0.717, 1.165) is 0 Å². The molecule has 2 heterocycles. The van der Waals surface area contributed by atoms with Gasteiger partial charge >= 0.3 is 0 Å². The first kappa shape index (κ1) is 16.3. The summed E-state index contributed by atoms with van der Waals surface area (Å²) < 4.78 is 15.0. The van der Waals surface area contributed by atoms with E-state index in [1.165, 1.54) is 28.3 Å². The summed E-state index contributed by atoms with van der Waals surface area (Å²) in [4.78, 5) is 29.8. The van der Waals surface area contributed by atoms with Crippen molar-refractivity contribution in [2.45, 2.75) is 13.3 Å². The first-order valence-corrected chi connectivity index (χ1v) is 8.27. The smallest absolute Gasteiger partial charge is 0.262 e. The Morgan fingerprint density at radius 3 is 2.88 bits per heavy atom. The van der Waals surface area contributed by atoms with Crippen LogP contribution < -0.4 is 10.9 Å². The van der Waals surface area contributed by atoms with Crippen LogP contribution in [-0.2, 0) is 13.5 Å². The number of carbonyl (C=O) groups excluding carboxylic acids is 1. The van der Waals surface area contributed by atoms with Crippen molar-refractivity contribution in [1.29, 1.82) is 0 Å². The van der Waals surface area contributed by atoms with Gasteiger partial charge in [0.25, 0.3) is 11.5 Å². The summed E-state index contributed by atoms with van der Waals surface area (Å²) in [5.74, 6) is -0.550. The molecule has 7 heteroatoms. The topological polar surface area (TPSA) is 64.0 Å². The third-order valence-corrected chi connectivity index (χ3v) is 5.05. The number of thiophene rings is 1. The summed E-state index contributed by atoms with van der Waals surface area (Å²) in [6.45, 7) is 2.06. The van der Waals surface area contributed by atoms with E-state index in [0.29, 0.717) is 39.2 Å². The molecule has 0 fully saturated rings. The third-order valence-electron chi connectivity index (χ3n) is 3.85. The maximum Gasteiger partial charge on any atom is 0.262 e. The van der Waals surface area contributed by atoms with Crippen LogP contribution in [0.5, 0.6) is 0 Å². The van der Waals surface area contributed by atoms with Crippen molar-refractivity contribution in [3.8, 4) is 0 Å². The van der Waals surface area contributed by atoms with E-state index in [9.17, 15) is 14.0 Å². The minimum Gasteiger partial charge on any atom is -0.351 e. The molecule has 2 aromatic heterocycles. The number of amides is 1. The van der Waals surface area contributed by atoms with Crippen LogP contribution in [-0.4, -0.2) is 22.0 Å². The van der Waals surface area contributed by atoms with Crippen LogP contribution in [0.3, 0.4) is 0 Å². The molecule has 1 amide bonds. The Bertz CT molecular complexity index is 978. The number of fused-ring (bicyclic) bond motifs is 1. The van der Waals surface area contributed by atoms with E-state index in [1.807, 2.05) is 0 Å². The second-order valence-corrected chi connectivity index (χ2v) is 6.49. The van der Waals surface area contributed by atoms with Gasteiger partial charge in [-0.15, -0.1) is 11.3 Å². The lowest BCUT2D eigenvalue weighted by atomic mass is 10.1. The first-order chi connectivity index (χ1) is 11.5. The number of halogens is 1. The highest BCUT2D eigenvalue weighted by atomic mass is 32.1. The van der Waals surface area contributed by atoms with Crippen LogP contribution in [0.4, 0.5) is 4.39 Å². The van der Waals surface area contributed by atoms with Gasteiger partial charge in [-0.05, 0) is 30.5 Å². The fourth-order valence-electron chi connectivity index (χ4n) is 2.52. The largest absolute Gasteiger partial charge is 0.351 e. The van der Waals surface area contributed by atoms with Crippen molar-refractivity contribution < 1.29 is 9.18 Å². The van der Waals surface area contributed by atoms with Crippen molar-refractivity contribution in [2.24, 2.45) is 7.05 Å². The molecule has 0 spiro atoms. The Morgan fingerprint density at radius 1 is 1.38 bits per heavy atom. The average molecular weight is 345 g/mol. The lowest BCUT2D eigenvalue weighted by Gasteiger charge is -2.05. The van der Waals surface area contributed by atoms with E-state index >= 15 is 0 Å². The van der Waals surface area contributed by atoms with Gasteiger partial charge in [0.2, 0.25) is 0 Å². The minimum absolute atomic E-state index is 0.167. The second-order valence-electron chi connectivity index (χ2n) is 5.49. The van der Waals surface area contributed by atoms with Gasteiger partial charge in [0.1, 0.15) is 10.6 Å². The molecule has 0 bridgehead atoms. The molecule has 0 aliphatic carbocycles. The highest BCUT2D eigenvalue weighted by Gasteiger charge is 2.18. The molecule has 3 aromatic rings. The van der Waals surface area contributed by atoms with Gasteiger partial charge in [-0.25, -0.2) is 9.37 Å². The number of nitrogens with one attached hydrogen (secondary N) is 1. The zero-order valence-electron chi connectivity index (χ0n) is 13.3. The van der Waals surface area contributed by atoms with Crippen molar-refractivity contribution in [2.75, 3.05) is 6.54 Å². The molecule has 1 aromatic carbocycles. The van der Waals surface area contributed by atoms with Gasteiger partial charge in [0.05, 0.1) is 16.6 Å². The maximum absolute atomic E-state index is 13.6. The fourth-order valence-corrected chi connectivity index (χ4v) is 3.57. The van der Waals surface area contributed by atoms with Gasteiger partial charge in [0, 0.05) is 13.6 Å². The SMILES string of the molecule is Cc1c(C(=O)NCCc2ccccc2F)sc2ncn(C)c(=O)c12. The van der Waals surface area contributed by atoms with Crippen LogP contribution in [0.15, 0.2) is 35.4 Å². The highest BCUT2D eigenvalue weighted by Crippen LogP contribution is 2.26. The van der Waals surface area contributed by atoms with E-state index in [2.05, 4.69) is 10.3 Å². The summed E-state index contributed by atoms with van der Waals surface area (Å²) in [7, 11) is 1.63. The predicted octanol–water partition coefficient (Wildman–Crippen LogP) is 2.42. The monoisotopic (exact) mass is 345 g/mol. The summed E-state index contributed by atoms with van der Waals surface area (Å²) >= 11 is 1.19. The zero-order valence-corrected chi connectivity index (χ0v) is 14.1. The van der Waals surface area contributed by atoms with Gasteiger partial charge in [-0.2, -0.15) is 0 Å². The molecular formula is C17H16FN3O2S. The van der Waals surface area contributed by atoms with E-state index in [4.69, 9.17) is 0 Å². The molecule has 3 rings (SSSR count). The van der Waals surface area contributed by atoms with Crippen molar-refractivity contribution in [3.63, 3.8) is 0 Å². The standard InChI is InChI=1S/C17H16FN3O2S/c1-10-13-16(20-9-21(2)17(13)23)24-14(10)15(22)19-8-7-11-5-3-4-6-12(11)18/h3-6,9H,7-8H2,1-2H3,(H,19,22). The number of hydrogen-bond donors (Lipinski definition) is 1. The summed E-state index contributed by atoms with van der Waals surface area (Å²) in [5, 5.41) is 3.25. The van der Waals surface area contributed by atoms with Crippen LogP contribution in [0.1, 0.15) is 20.8 Å². The third kappa shape index (κ3) is 2.94. The Labute approximate surface area is 141 Å². The second kappa shape index (κ2) is 6.52. The first-order valence-electron chi connectivity index (χ1n) is 7.45. The molecule has 0 atom stereocenters. The van der Waals surface area contributed by atoms with Crippen molar-refractivity contribution >= 4 is 27.5 Å². The number of aromatic nitrogens is 2. The Kier molecular flexibility index (Phi) is 4.44. The number of carbonyl (C=O) groups is 1. The van der Waals surface area contributed by atoms with Crippen LogP contribution in [0, 0.1) is 12.7 Å². The molecule has 24 heavy (non-hydrogen) atoms. The lowest BCUT2D eigenvalue weighted by molar-refractivity contribution is 0.0957. The number of rotatable bonds is 4. The number of aryl methyl sites for hydroxylation is 2. The summed E-state index contributed by atoms with van der Waals surface area (Å²) in [5.41, 5.74) is 1.02. The van der Waals surface area contributed by atoms with Gasteiger partial charge in [-0.3, -0.25) is 9.59 Å². The zero-order chi connectivity index (χ0) is 17.3. The molecule has 0 radical (unpaired) electrons. The van der Waals surface area contributed by atoms with E-state index in [-0.39, 0.29) is 17.3 Å². The quantitative estimate of drug-likeness (QED) is 0.790. The van der Waals surface area contributed by atoms with E-state index in [1.54, 1.807) is 32.2 Å².